The normalized spacial score (nSPS) is 10.9. The SMILES string of the molecule is Clc1cc(-c2cc3ccccc3o2)nc(Cl)n1. The molecule has 3 aromatic rings. The molecule has 2 aromatic heterocycles. The van der Waals surface area contributed by atoms with Crippen molar-refractivity contribution in [1.82, 2.24) is 9.97 Å². The van der Waals surface area contributed by atoms with Crippen LogP contribution in [0.3, 0.4) is 0 Å². The Balaban J connectivity index is 2.20. The van der Waals surface area contributed by atoms with Crippen LogP contribution in [0.4, 0.5) is 0 Å². The first-order chi connectivity index (χ1) is 8.22. The van der Waals surface area contributed by atoms with Crippen molar-refractivity contribution in [3.8, 4) is 11.5 Å². The van der Waals surface area contributed by atoms with Gasteiger partial charge in [-0.15, -0.1) is 0 Å². The molecule has 0 radical (unpaired) electrons. The highest BCUT2D eigenvalue weighted by Crippen LogP contribution is 2.28. The zero-order valence-electron chi connectivity index (χ0n) is 8.52. The van der Waals surface area contributed by atoms with Gasteiger partial charge in [0.2, 0.25) is 5.28 Å². The van der Waals surface area contributed by atoms with Crippen LogP contribution >= 0.6 is 23.2 Å². The summed E-state index contributed by atoms with van der Waals surface area (Å²) in [6, 6.07) is 11.2. The molecule has 17 heavy (non-hydrogen) atoms. The summed E-state index contributed by atoms with van der Waals surface area (Å²) < 4.78 is 5.66. The van der Waals surface area contributed by atoms with Crippen LogP contribution in [0, 0.1) is 0 Å². The quantitative estimate of drug-likeness (QED) is 0.489. The van der Waals surface area contributed by atoms with Crippen molar-refractivity contribution in [3.05, 3.63) is 46.8 Å². The first-order valence-corrected chi connectivity index (χ1v) is 5.67. The Labute approximate surface area is 107 Å². The van der Waals surface area contributed by atoms with Crippen LogP contribution in [0.5, 0.6) is 0 Å². The van der Waals surface area contributed by atoms with Gasteiger partial charge < -0.3 is 4.42 Å². The molecule has 5 heteroatoms. The topological polar surface area (TPSA) is 38.9 Å². The van der Waals surface area contributed by atoms with Gasteiger partial charge in [0.1, 0.15) is 16.4 Å². The molecule has 0 amide bonds. The number of nitrogens with zero attached hydrogens (tertiary/aromatic N) is 2. The molecule has 0 unspecified atom stereocenters. The maximum atomic E-state index is 5.82. The van der Waals surface area contributed by atoms with Crippen molar-refractivity contribution in [3.63, 3.8) is 0 Å². The molecule has 0 saturated heterocycles. The van der Waals surface area contributed by atoms with Gasteiger partial charge in [-0.25, -0.2) is 9.97 Å². The molecule has 3 nitrogen and oxygen atoms in total. The lowest BCUT2D eigenvalue weighted by Crippen LogP contribution is -1.86. The third kappa shape index (κ3) is 1.99. The number of hydrogen-bond donors (Lipinski definition) is 0. The van der Waals surface area contributed by atoms with Gasteiger partial charge in [-0.3, -0.25) is 0 Å². The molecule has 0 aliphatic carbocycles. The van der Waals surface area contributed by atoms with Crippen molar-refractivity contribution in [2.24, 2.45) is 0 Å². The standard InChI is InChI=1S/C12H6Cl2N2O/c13-11-6-8(15-12(14)16-11)10-5-7-3-1-2-4-9(7)17-10/h1-6H. The van der Waals surface area contributed by atoms with Gasteiger partial charge >= 0.3 is 0 Å². The van der Waals surface area contributed by atoms with Gasteiger partial charge in [0.15, 0.2) is 5.76 Å². The first kappa shape index (κ1) is 10.6. The monoisotopic (exact) mass is 264 g/mol. The first-order valence-electron chi connectivity index (χ1n) is 4.91. The summed E-state index contributed by atoms with van der Waals surface area (Å²) in [4.78, 5) is 7.87. The average molecular weight is 265 g/mol. The van der Waals surface area contributed by atoms with E-state index >= 15 is 0 Å². The molecule has 0 bridgehead atoms. The maximum absolute atomic E-state index is 5.82. The molecule has 0 fully saturated rings. The number of fused-ring (bicyclic) bond motifs is 1. The molecule has 2 heterocycles. The van der Waals surface area contributed by atoms with Gasteiger partial charge in [-0.2, -0.15) is 0 Å². The van der Waals surface area contributed by atoms with Gasteiger partial charge in [-0.1, -0.05) is 29.8 Å². The average Bonchev–Trinajstić information content (AvgIpc) is 2.71. The van der Waals surface area contributed by atoms with Gasteiger partial charge in [0, 0.05) is 11.5 Å². The fraction of sp³-hybridized carbons (Fsp3) is 0. The zero-order chi connectivity index (χ0) is 11.8. The molecule has 84 valence electrons. The fourth-order valence-corrected chi connectivity index (χ4v) is 2.03. The lowest BCUT2D eigenvalue weighted by atomic mass is 10.2. The van der Waals surface area contributed by atoms with E-state index in [4.69, 9.17) is 27.6 Å². The number of halogens is 2. The van der Waals surface area contributed by atoms with Crippen molar-refractivity contribution in [1.29, 1.82) is 0 Å². The van der Waals surface area contributed by atoms with Crippen LogP contribution < -0.4 is 0 Å². The maximum Gasteiger partial charge on any atom is 0.224 e. The van der Waals surface area contributed by atoms with E-state index in [2.05, 4.69) is 9.97 Å². The number of aromatic nitrogens is 2. The highest BCUT2D eigenvalue weighted by molar-refractivity contribution is 6.32. The van der Waals surface area contributed by atoms with E-state index in [9.17, 15) is 0 Å². The third-order valence-corrected chi connectivity index (χ3v) is 2.71. The summed E-state index contributed by atoms with van der Waals surface area (Å²) in [5.74, 6) is 0.623. The Morgan fingerprint density at radius 3 is 2.59 bits per heavy atom. The summed E-state index contributed by atoms with van der Waals surface area (Å²) >= 11 is 11.6. The highest BCUT2D eigenvalue weighted by atomic mass is 35.5. The van der Waals surface area contributed by atoms with E-state index in [1.807, 2.05) is 30.3 Å². The van der Waals surface area contributed by atoms with Gasteiger partial charge in [-0.05, 0) is 23.7 Å². The molecule has 0 N–H and O–H groups in total. The van der Waals surface area contributed by atoms with Crippen molar-refractivity contribution < 1.29 is 4.42 Å². The summed E-state index contributed by atoms with van der Waals surface area (Å²) in [6.07, 6.45) is 0. The molecule has 0 atom stereocenters. The molecule has 3 rings (SSSR count). The van der Waals surface area contributed by atoms with Crippen LogP contribution in [0.15, 0.2) is 40.8 Å². The van der Waals surface area contributed by atoms with E-state index < -0.39 is 0 Å². The molecular weight excluding hydrogens is 259 g/mol. The fourth-order valence-electron chi connectivity index (χ4n) is 1.62. The van der Waals surface area contributed by atoms with E-state index in [-0.39, 0.29) is 5.28 Å². The minimum Gasteiger partial charge on any atom is -0.454 e. The molecule has 0 saturated carbocycles. The van der Waals surface area contributed by atoms with Crippen LogP contribution in [-0.2, 0) is 0 Å². The van der Waals surface area contributed by atoms with E-state index in [1.165, 1.54) is 0 Å². The minimum atomic E-state index is 0.105. The van der Waals surface area contributed by atoms with Gasteiger partial charge in [0.05, 0.1) is 0 Å². The summed E-state index contributed by atoms with van der Waals surface area (Å²) in [7, 11) is 0. The second-order valence-electron chi connectivity index (χ2n) is 3.49. The lowest BCUT2D eigenvalue weighted by molar-refractivity contribution is 0.628. The van der Waals surface area contributed by atoms with Crippen LogP contribution in [0.1, 0.15) is 0 Å². The predicted molar refractivity (Wildman–Crippen MR) is 67.3 cm³/mol. The Bertz CT molecular complexity index is 641. The summed E-state index contributed by atoms with van der Waals surface area (Å²) in [5.41, 5.74) is 1.37. The smallest absolute Gasteiger partial charge is 0.224 e. The van der Waals surface area contributed by atoms with Crippen molar-refractivity contribution in [2.45, 2.75) is 0 Å². The minimum absolute atomic E-state index is 0.105. The van der Waals surface area contributed by atoms with Gasteiger partial charge in [0.25, 0.3) is 0 Å². The Hall–Kier alpha value is -1.58. The molecule has 1 aromatic carbocycles. The third-order valence-electron chi connectivity index (χ3n) is 2.35. The van der Waals surface area contributed by atoms with Crippen molar-refractivity contribution in [2.75, 3.05) is 0 Å². The second kappa shape index (κ2) is 4.02. The van der Waals surface area contributed by atoms with E-state index in [1.54, 1.807) is 6.07 Å². The number of hydrogen-bond acceptors (Lipinski definition) is 3. The molecule has 0 aliphatic heterocycles. The van der Waals surface area contributed by atoms with Crippen LogP contribution in [-0.4, -0.2) is 9.97 Å². The number of furan rings is 1. The largest absolute Gasteiger partial charge is 0.454 e. The van der Waals surface area contributed by atoms with Crippen LogP contribution in [0.25, 0.3) is 22.4 Å². The highest BCUT2D eigenvalue weighted by Gasteiger charge is 2.09. The number of benzene rings is 1. The second-order valence-corrected chi connectivity index (χ2v) is 4.22. The summed E-state index contributed by atoms with van der Waals surface area (Å²) in [6.45, 7) is 0. The summed E-state index contributed by atoms with van der Waals surface area (Å²) in [5, 5.41) is 1.40. The zero-order valence-corrected chi connectivity index (χ0v) is 10.0. The molecule has 0 spiro atoms. The Morgan fingerprint density at radius 1 is 1.00 bits per heavy atom. The number of rotatable bonds is 1. The predicted octanol–water partition coefficient (Wildman–Crippen LogP) is 4.20. The Morgan fingerprint density at radius 2 is 1.82 bits per heavy atom. The van der Waals surface area contributed by atoms with Crippen molar-refractivity contribution >= 4 is 34.2 Å². The van der Waals surface area contributed by atoms with Crippen LogP contribution in [0.2, 0.25) is 10.4 Å². The van der Waals surface area contributed by atoms with E-state index in [0.29, 0.717) is 16.6 Å². The molecular formula is C12H6Cl2N2O. The molecule has 0 aliphatic rings. The number of para-hydroxylation sites is 1. The Kier molecular flexibility index (Phi) is 2.50. The lowest BCUT2D eigenvalue weighted by Gasteiger charge is -1.96. The van der Waals surface area contributed by atoms with E-state index in [0.717, 1.165) is 11.0 Å².